The standard InChI is InChI=1S/C15H20N2O/c1-2-9-16-10-5-12-18-15-8-3-7-14-13(15)6-4-11-17-14/h3-4,6-8,11,16H,2,5,9-10,12H2,1H3. The van der Waals surface area contributed by atoms with Gasteiger partial charge in [-0.2, -0.15) is 0 Å². The zero-order valence-electron chi connectivity index (χ0n) is 10.9. The average Bonchev–Trinajstić information content (AvgIpc) is 2.43. The van der Waals surface area contributed by atoms with Gasteiger partial charge in [-0.25, -0.2) is 0 Å². The molecule has 3 heteroatoms. The van der Waals surface area contributed by atoms with Gasteiger partial charge < -0.3 is 10.1 Å². The van der Waals surface area contributed by atoms with Crippen LogP contribution in [0.5, 0.6) is 5.75 Å². The van der Waals surface area contributed by atoms with Crippen LogP contribution in [0.3, 0.4) is 0 Å². The zero-order chi connectivity index (χ0) is 12.6. The normalized spacial score (nSPS) is 10.7. The van der Waals surface area contributed by atoms with Crippen LogP contribution in [0.15, 0.2) is 36.5 Å². The van der Waals surface area contributed by atoms with Crippen molar-refractivity contribution in [2.45, 2.75) is 19.8 Å². The van der Waals surface area contributed by atoms with Gasteiger partial charge in [0.25, 0.3) is 0 Å². The number of nitrogens with zero attached hydrogens (tertiary/aromatic N) is 1. The molecule has 3 nitrogen and oxygen atoms in total. The molecule has 0 saturated carbocycles. The van der Waals surface area contributed by atoms with Gasteiger partial charge in [-0.3, -0.25) is 4.98 Å². The Kier molecular flexibility index (Phi) is 4.97. The molecule has 1 heterocycles. The minimum absolute atomic E-state index is 0.741. The molecule has 0 atom stereocenters. The molecular weight excluding hydrogens is 224 g/mol. The molecule has 0 aliphatic heterocycles. The first-order valence-electron chi connectivity index (χ1n) is 6.59. The largest absolute Gasteiger partial charge is 0.493 e. The monoisotopic (exact) mass is 244 g/mol. The maximum absolute atomic E-state index is 5.82. The van der Waals surface area contributed by atoms with Crippen molar-refractivity contribution in [3.63, 3.8) is 0 Å². The van der Waals surface area contributed by atoms with E-state index in [0.29, 0.717) is 0 Å². The van der Waals surface area contributed by atoms with E-state index in [9.17, 15) is 0 Å². The van der Waals surface area contributed by atoms with Crippen LogP contribution in [0.25, 0.3) is 10.9 Å². The average molecular weight is 244 g/mol. The molecule has 96 valence electrons. The van der Waals surface area contributed by atoms with Gasteiger partial charge in [-0.15, -0.1) is 0 Å². The van der Waals surface area contributed by atoms with E-state index in [4.69, 9.17) is 4.74 Å². The highest BCUT2D eigenvalue weighted by Gasteiger charge is 2.01. The number of nitrogens with one attached hydrogen (secondary N) is 1. The third-order valence-corrected chi connectivity index (χ3v) is 2.79. The van der Waals surface area contributed by atoms with Crippen molar-refractivity contribution in [3.05, 3.63) is 36.5 Å². The molecule has 0 radical (unpaired) electrons. The predicted octanol–water partition coefficient (Wildman–Crippen LogP) is 3.00. The molecule has 1 aromatic carbocycles. The lowest BCUT2D eigenvalue weighted by Crippen LogP contribution is -2.18. The molecule has 1 N–H and O–H groups in total. The second-order valence-corrected chi connectivity index (χ2v) is 4.28. The van der Waals surface area contributed by atoms with Gasteiger partial charge in [0.2, 0.25) is 0 Å². The Morgan fingerprint density at radius 2 is 2.11 bits per heavy atom. The van der Waals surface area contributed by atoms with Crippen molar-refractivity contribution in [1.82, 2.24) is 10.3 Å². The van der Waals surface area contributed by atoms with E-state index in [-0.39, 0.29) is 0 Å². The lowest BCUT2D eigenvalue weighted by molar-refractivity contribution is 0.312. The highest BCUT2D eigenvalue weighted by Crippen LogP contribution is 2.23. The van der Waals surface area contributed by atoms with Gasteiger partial charge in [-0.05, 0) is 50.2 Å². The number of benzene rings is 1. The van der Waals surface area contributed by atoms with Crippen molar-refractivity contribution >= 4 is 10.9 Å². The fourth-order valence-electron chi connectivity index (χ4n) is 1.88. The molecule has 0 spiro atoms. The first-order chi connectivity index (χ1) is 8.92. The lowest BCUT2D eigenvalue weighted by Gasteiger charge is -2.09. The molecule has 0 aliphatic rings. The summed E-state index contributed by atoms with van der Waals surface area (Å²) >= 11 is 0. The Bertz CT molecular complexity index is 479. The Morgan fingerprint density at radius 1 is 1.17 bits per heavy atom. The van der Waals surface area contributed by atoms with Crippen LogP contribution in [0.4, 0.5) is 0 Å². The van der Waals surface area contributed by atoms with E-state index >= 15 is 0 Å². The minimum atomic E-state index is 0.741. The number of hydrogen-bond donors (Lipinski definition) is 1. The van der Waals surface area contributed by atoms with Crippen molar-refractivity contribution in [3.8, 4) is 5.75 Å². The summed E-state index contributed by atoms with van der Waals surface area (Å²) < 4.78 is 5.82. The van der Waals surface area contributed by atoms with Crippen LogP contribution in [-0.2, 0) is 0 Å². The molecule has 0 fully saturated rings. The maximum Gasteiger partial charge on any atom is 0.128 e. The number of rotatable bonds is 7. The molecule has 0 amide bonds. The quantitative estimate of drug-likeness (QED) is 0.760. The fraction of sp³-hybridized carbons (Fsp3) is 0.400. The molecule has 0 bridgehead atoms. The van der Waals surface area contributed by atoms with Gasteiger partial charge in [0.15, 0.2) is 0 Å². The van der Waals surface area contributed by atoms with Gasteiger partial charge in [0.1, 0.15) is 5.75 Å². The Balaban J connectivity index is 1.88. The van der Waals surface area contributed by atoms with Crippen molar-refractivity contribution in [2.75, 3.05) is 19.7 Å². The van der Waals surface area contributed by atoms with Crippen molar-refractivity contribution in [2.24, 2.45) is 0 Å². The second kappa shape index (κ2) is 6.97. The summed E-state index contributed by atoms with van der Waals surface area (Å²) in [6.07, 6.45) is 4.01. The third kappa shape index (κ3) is 3.44. The van der Waals surface area contributed by atoms with E-state index < -0.39 is 0 Å². The zero-order valence-corrected chi connectivity index (χ0v) is 10.9. The number of pyridine rings is 1. The maximum atomic E-state index is 5.82. The second-order valence-electron chi connectivity index (χ2n) is 4.28. The molecule has 0 saturated heterocycles. The highest BCUT2D eigenvalue weighted by atomic mass is 16.5. The van der Waals surface area contributed by atoms with Crippen molar-refractivity contribution in [1.29, 1.82) is 0 Å². The fourth-order valence-corrected chi connectivity index (χ4v) is 1.88. The first kappa shape index (κ1) is 12.8. The lowest BCUT2D eigenvalue weighted by atomic mass is 10.2. The Hall–Kier alpha value is -1.61. The summed E-state index contributed by atoms with van der Waals surface area (Å²) in [7, 11) is 0. The topological polar surface area (TPSA) is 34.1 Å². The summed E-state index contributed by atoms with van der Waals surface area (Å²) in [4.78, 5) is 4.32. The van der Waals surface area contributed by atoms with Crippen LogP contribution in [-0.4, -0.2) is 24.7 Å². The SMILES string of the molecule is CCCNCCCOc1cccc2ncccc12. The van der Waals surface area contributed by atoms with Crippen molar-refractivity contribution < 1.29 is 4.74 Å². The summed E-state index contributed by atoms with van der Waals surface area (Å²) in [5.41, 5.74) is 0.985. The first-order valence-corrected chi connectivity index (χ1v) is 6.59. The number of hydrogen-bond acceptors (Lipinski definition) is 3. The summed E-state index contributed by atoms with van der Waals surface area (Å²) in [6, 6.07) is 9.99. The molecule has 0 unspecified atom stereocenters. The van der Waals surface area contributed by atoms with Gasteiger partial charge in [-0.1, -0.05) is 13.0 Å². The van der Waals surface area contributed by atoms with Crippen LogP contribution < -0.4 is 10.1 Å². The van der Waals surface area contributed by atoms with E-state index in [1.54, 1.807) is 6.20 Å². The Morgan fingerprint density at radius 3 is 3.00 bits per heavy atom. The van der Waals surface area contributed by atoms with Gasteiger partial charge in [0.05, 0.1) is 12.1 Å². The molecular formula is C15H20N2O. The highest BCUT2D eigenvalue weighted by molar-refractivity contribution is 5.84. The molecule has 18 heavy (non-hydrogen) atoms. The van der Waals surface area contributed by atoms with Crippen LogP contribution in [0, 0.1) is 0 Å². The molecule has 1 aromatic heterocycles. The molecule has 0 aliphatic carbocycles. The van der Waals surface area contributed by atoms with E-state index in [1.165, 1.54) is 6.42 Å². The number of fused-ring (bicyclic) bond motifs is 1. The van der Waals surface area contributed by atoms with Crippen LogP contribution in [0.1, 0.15) is 19.8 Å². The number of aromatic nitrogens is 1. The summed E-state index contributed by atoms with van der Waals surface area (Å²) in [5, 5.41) is 4.45. The van der Waals surface area contributed by atoms with E-state index in [0.717, 1.165) is 42.8 Å². The third-order valence-electron chi connectivity index (χ3n) is 2.79. The van der Waals surface area contributed by atoms with E-state index in [1.807, 2.05) is 30.3 Å². The van der Waals surface area contributed by atoms with E-state index in [2.05, 4.69) is 17.2 Å². The minimum Gasteiger partial charge on any atom is -0.493 e. The molecule has 2 aromatic rings. The summed E-state index contributed by atoms with van der Waals surface area (Å²) in [5.74, 6) is 0.927. The Labute approximate surface area is 108 Å². The van der Waals surface area contributed by atoms with Crippen LogP contribution in [0.2, 0.25) is 0 Å². The van der Waals surface area contributed by atoms with Crippen LogP contribution >= 0.6 is 0 Å². The van der Waals surface area contributed by atoms with Gasteiger partial charge in [0, 0.05) is 11.6 Å². The number of ether oxygens (including phenoxy) is 1. The van der Waals surface area contributed by atoms with Gasteiger partial charge >= 0.3 is 0 Å². The smallest absolute Gasteiger partial charge is 0.128 e. The predicted molar refractivity (Wildman–Crippen MR) is 75.0 cm³/mol. The molecule has 2 rings (SSSR count). The summed E-state index contributed by atoms with van der Waals surface area (Å²) in [6.45, 7) is 5.01.